The lowest BCUT2D eigenvalue weighted by molar-refractivity contribution is 0.133. The lowest BCUT2D eigenvalue weighted by Gasteiger charge is -2.19. The van der Waals surface area contributed by atoms with E-state index in [1.807, 2.05) is 6.92 Å². The predicted molar refractivity (Wildman–Crippen MR) is 50.2 cm³/mol. The fraction of sp³-hybridized carbons (Fsp3) is 1.00. The number of ether oxygens (including phenoxy) is 1. The van der Waals surface area contributed by atoms with Gasteiger partial charge in [0.1, 0.15) is 0 Å². The van der Waals surface area contributed by atoms with Gasteiger partial charge in [0, 0.05) is 26.3 Å². The van der Waals surface area contributed by atoms with E-state index in [0.29, 0.717) is 5.92 Å². The summed E-state index contributed by atoms with van der Waals surface area (Å²) in [5.41, 5.74) is 0. The molecule has 0 aromatic heterocycles. The summed E-state index contributed by atoms with van der Waals surface area (Å²) >= 11 is 0. The molecule has 2 N–H and O–H groups in total. The second-order valence-corrected chi connectivity index (χ2v) is 3.50. The van der Waals surface area contributed by atoms with Crippen molar-refractivity contribution >= 4 is 0 Å². The highest BCUT2D eigenvalue weighted by Crippen LogP contribution is 1.95. The Morgan fingerprint density at radius 2 is 1.92 bits per heavy atom. The highest BCUT2D eigenvalue weighted by atomic mass is 16.5. The molecule has 3 atom stereocenters. The zero-order valence-electron chi connectivity index (χ0n) is 8.50. The third-order valence-electron chi connectivity index (χ3n) is 1.96. The monoisotopic (exact) mass is 175 g/mol. The number of nitrogens with one attached hydrogen (secondary N) is 1. The van der Waals surface area contributed by atoms with E-state index in [4.69, 9.17) is 9.84 Å². The minimum atomic E-state index is -0.292. The van der Waals surface area contributed by atoms with Gasteiger partial charge in [-0.1, -0.05) is 6.92 Å². The molecule has 3 unspecified atom stereocenters. The lowest BCUT2D eigenvalue weighted by Crippen LogP contribution is -2.38. The van der Waals surface area contributed by atoms with Crippen molar-refractivity contribution in [1.82, 2.24) is 5.32 Å². The summed E-state index contributed by atoms with van der Waals surface area (Å²) < 4.78 is 4.99. The second-order valence-electron chi connectivity index (χ2n) is 3.50. The second kappa shape index (κ2) is 6.40. The van der Waals surface area contributed by atoms with Crippen molar-refractivity contribution in [1.29, 1.82) is 0 Å². The molecule has 0 aliphatic carbocycles. The Balaban J connectivity index is 3.40. The maximum Gasteiger partial charge on any atom is 0.0662 e. The van der Waals surface area contributed by atoms with Gasteiger partial charge in [-0.3, -0.25) is 0 Å². The number of hydrogen-bond acceptors (Lipinski definition) is 3. The van der Waals surface area contributed by atoms with Crippen molar-refractivity contribution in [2.24, 2.45) is 5.92 Å². The molecule has 0 bridgehead atoms. The first-order valence-corrected chi connectivity index (χ1v) is 4.48. The van der Waals surface area contributed by atoms with Crippen molar-refractivity contribution in [3.63, 3.8) is 0 Å². The van der Waals surface area contributed by atoms with Crippen molar-refractivity contribution in [2.45, 2.75) is 32.9 Å². The summed E-state index contributed by atoms with van der Waals surface area (Å²) in [5.74, 6) is 0.496. The first-order valence-electron chi connectivity index (χ1n) is 4.48. The van der Waals surface area contributed by atoms with Crippen molar-refractivity contribution in [3.05, 3.63) is 0 Å². The molecule has 0 radical (unpaired) electrons. The Hall–Kier alpha value is -0.120. The maximum atomic E-state index is 9.17. The van der Waals surface area contributed by atoms with Crippen LogP contribution in [0.15, 0.2) is 0 Å². The minimum absolute atomic E-state index is 0.157. The normalized spacial score (nSPS) is 18.8. The standard InChI is InChI=1S/C9H21NO2/c1-7(6-12-4)5-10-8(2)9(3)11/h7-11H,5-6H2,1-4H3. The molecule has 0 fully saturated rings. The van der Waals surface area contributed by atoms with Gasteiger partial charge in [-0.2, -0.15) is 0 Å². The van der Waals surface area contributed by atoms with E-state index in [1.165, 1.54) is 0 Å². The van der Waals surface area contributed by atoms with Crippen LogP contribution in [-0.2, 0) is 4.74 Å². The molecule has 0 saturated heterocycles. The highest BCUT2D eigenvalue weighted by Gasteiger charge is 2.09. The van der Waals surface area contributed by atoms with E-state index in [0.717, 1.165) is 13.2 Å². The molecule has 3 nitrogen and oxygen atoms in total. The quantitative estimate of drug-likeness (QED) is 0.622. The van der Waals surface area contributed by atoms with E-state index in [1.54, 1.807) is 14.0 Å². The first-order chi connectivity index (χ1) is 5.57. The Kier molecular flexibility index (Phi) is 6.34. The van der Waals surface area contributed by atoms with Crippen LogP contribution in [0.3, 0.4) is 0 Å². The first kappa shape index (κ1) is 11.9. The van der Waals surface area contributed by atoms with Crippen molar-refractivity contribution in [2.75, 3.05) is 20.3 Å². The fourth-order valence-electron chi connectivity index (χ4n) is 0.901. The molecule has 0 saturated carbocycles. The number of aliphatic hydroxyl groups excluding tert-OH is 1. The number of hydrogen-bond donors (Lipinski definition) is 2. The van der Waals surface area contributed by atoms with E-state index < -0.39 is 0 Å². The van der Waals surface area contributed by atoms with Crippen molar-refractivity contribution < 1.29 is 9.84 Å². The molecular weight excluding hydrogens is 154 g/mol. The van der Waals surface area contributed by atoms with E-state index in [2.05, 4.69) is 12.2 Å². The van der Waals surface area contributed by atoms with Crippen LogP contribution in [0.2, 0.25) is 0 Å². The summed E-state index contributed by atoms with van der Waals surface area (Å²) in [5, 5.41) is 12.4. The third-order valence-corrected chi connectivity index (χ3v) is 1.96. The zero-order chi connectivity index (χ0) is 9.56. The molecule has 0 aromatic rings. The molecular formula is C9H21NO2. The van der Waals surface area contributed by atoms with E-state index in [-0.39, 0.29) is 12.1 Å². The summed E-state index contributed by atoms with van der Waals surface area (Å²) in [4.78, 5) is 0. The van der Waals surface area contributed by atoms with Crippen LogP contribution < -0.4 is 5.32 Å². The molecule has 0 spiro atoms. The van der Waals surface area contributed by atoms with Gasteiger partial charge in [0.15, 0.2) is 0 Å². The molecule has 74 valence electrons. The number of methoxy groups -OCH3 is 1. The average Bonchev–Trinajstić information content (AvgIpc) is 2.00. The minimum Gasteiger partial charge on any atom is -0.392 e. The average molecular weight is 175 g/mol. The number of aliphatic hydroxyl groups is 1. The Morgan fingerprint density at radius 3 is 2.33 bits per heavy atom. The van der Waals surface area contributed by atoms with E-state index in [9.17, 15) is 0 Å². The van der Waals surface area contributed by atoms with Gasteiger partial charge >= 0.3 is 0 Å². The highest BCUT2D eigenvalue weighted by molar-refractivity contribution is 4.67. The third kappa shape index (κ3) is 5.52. The molecule has 0 amide bonds. The van der Waals surface area contributed by atoms with Crippen LogP contribution in [0.25, 0.3) is 0 Å². The van der Waals surface area contributed by atoms with E-state index >= 15 is 0 Å². The van der Waals surface area contributed by atoms with Crippen LogP contribution in [0, 0.1) is 5.92 Å². The fourth-order valence-corrected chi connectivity index (χ4v) is 0.901. The molecule has 3 heteroatoms. The Labute approximate surface area is 75.1 Å². The molecule has 0 aromatic carbocycles. The molecule has 12 heavy (non-hydrogen) atoms. The zero-order valence-corrected chi connectivity index (χ0v) is 8.50. The largest absolute Gasteiger partial charge is 0.392 e. The molecule has 0 aliphatic rings. The predicted octanol–water partition coefficient (Wildman–Crippen LogP) is 0.628. The van der Waals surface area contributed by atoms with Crippen LogP contribution in [0.1, 0.15) is 20.8 Å². The number of rotatable bonds is 6. The van der Waals surface area contributed by atoms with Gasteiger partial charge in [0.2, 0.25) is 0 Å². The van der Waals surface area contributed by atoms with Crippen molar-refractivity contribution in [3.8, 4) is 0 Å². The van der Waals surface area contributed by atoms with Crippen LogP contribution in [0.4, 0.5) is 0 Å². The lowest BCUT2D eigenvalue weighted by atomic mass is 10.1. The molecule has 0 aliphatic heterocycles. The smallest absolute Gasteiger partial charge is 0.0662 e. The van der Waals surface area contributed by atoms with Gasteiger partial charge < -0.3 is 15.2 Å². The van der Waals surface area contributed by atoms with Crippen LogP contribution in [-0.4, -0.2) is 37.5 Å². The maximum absolute atomic E-state index is 9.17. The topological polar surface area (TPSA) is 41.5 Å². The van der Waals surface area contributed by atoms with Gasteiger partial charge in [0.05, 0.1) is 6.10 Å². The molecule has 0 rings (SSSR count). The van der Waals surface area contributed by atoms with Gasteiger partial charge in [0.25, 0.3) is 0 Å². The van der Waals surface area contributed by atoms with Gasteiger partial charge in [-0.15, -0.1) is 0 Å². The molecule has 0 heterocycles. The summed E-state index contributed by atoms with van der Waals surface area (Å²) in [6.45, 7) is 7.54. The van der Waals surface area contributed by atoms with Crippen LogP contribution >= 0.6 is 0 Å². The SMILES string of the molecule is COCC(C)CNC(C)C(C)O. The summed E-state index contributed by atoms with van der Waals surface area (Å²) in [6, 6.07) is 0.157. The van der Waals surface area contributed by atoms with Gasteiger partial charge in [-0.05, 0) is 19.8 Å². The Morgan fingerprint density at radius 1 is 1.33 bits per heavy atom. The Bertz CT molecular complexity index is 107. The van der Waals surface area contributed by atoms with Gasteiger partial charge in [-0.25, -0.2) is 0 Å². The summed E-state index contributed by atoms with van der Waals surface area (Å²) in [7, 11) is 1.70. The summed E-state index contributed by atoms with van der Waals surface area (Å²) in [6.07, 6.45) is -0.292. The van der Waals surface area contributed by atoms with Crippen LogP contribution in [0.5, 0.6) is 0 Å².